The van der Waals surface area contributed by atoms with Gasteiger partial charge < -0.3 is 10.4 Å². The quantitative estimate of drug-likeness (QED) is 0.790. The molecule has 0 unspecified atom stereocenters. The molecule has 0 saturated heterocycles. The van der Waals surface area contributed by atoms with E-state index in [2.05, 4.69) is 5.32 Å². The second-order valence-corrected chi connectivity index (χ2v) is 4.08. The van der Waals surface area contributed by atoms with Crippen molar-refractivity contribution in [3.63, 3.8) is 0 Å². The van der Waals surface area contributed by atoms with Crippen molar-refractivity contribution in [3.8, 4) is 0 Å². The normalized spacial score (nSPS) is 12.2. The Hall–Kier alpha value is -1.35. The second kappa shape index (κ2) is 6.28. The monoisotopic (exact) mass is 221 g/mol. The van der Waals surface area contributed by atoms with E-state index < -0.39 is 6.10 Å². The predicted octanol–water partition coefficient (Wildman–Crippen LogP) is 1.42. The van der Waals surface area contributed by atoms with Gasteiger partial charge in [-0.1, -0.05) is 24.3 Å². The molecule has 0 aliphatic rings. The lowest BCUT2D eigenvalue weighted by Crippen LogP contribution is -2.30. The summed E-state index contributed by atoms with van der Waals surface area (Å²) in [5.74, 6) is -0.0100. The van der Waals surface area contributed by atoms with Crippen LogP contribution in [0.4, 0.5) is 0 Å². The summed E-state index contributed by atoms with van der Waals surface area (Å²) in [5, 5.41) is 11.7. The zero-order valence-electron chi connectivity index (χ0n) is 9.86. The highest BCUT2D eigenvalue weighted by molar-refractivity contribution is 5.76. The molecule has 88 valence electrons. The van der Waals surface area contributed by atoms with Crippen LogP contribution in [0.5, 0.6) is 0 Å². The third-order valence-electron chi connectivity index (χ3n) is 2.48. The van der Waals surface area contributed by atoms with Crippen LogP contribution in [0.2, 0.25) is 0 Å². The molecule has 1 aromatic carbocycles. The van der Waals surface area contributed by atoms with E-state index in [4.69, 9.17) is 5.11 Å². The highest BCUT2D eigenvalue weighted by atomic mass is 16.3. The molecule has 3 heteroatoms. The number of nitrogens with one attached hydrogen (secondary N) is 1. The highest BCUT2D eigenvalue weighted by Crippen LogP contribution is 2.09. The minimum absolute atomic E-state index is 0.0100. The topological polar surface area (TPSA) is 49.3 Å². The molecule has 3 nitrogen and oxygen atoms in total. The lowest BCUT2D eigenvalue weighted by molar-refractivity contribution is -0.121. The Morgan fingerprint density at radius 3 is 2.75 bits per heavy atom. The lowest BCUT2D eigenvalue weighted by atomic mass is 10.0. The Morgan fingerprint density at radius 2 is 2.12 bits per heavy atom. The number of aliphatic hydroxyl groups excluding tert-OH is 1. The van der Waals surface area contributed by atoms with E-state index >= 15 is 0 Å². The van der Waals surface area contributed by atoms with Gasteiger partial charge in [0.2, 0.25) is 5.91 Å². The van der Waals surface area contributed by atoms with Crippen LogP contribution in [-0.4, -0.2) is 23.7 Å². The van der Waals surface area contributed by atoms with Gasteiger partial charge in [0.1, 0.15) is 0 Å². The molecule has 1 atom stereocenters. The van der Waals surface area contributed by atoms with Crippen molar-refractivity contribution in [2.75, 3.05) is 6.54 Å². The number of amides is 1. The van der Waals surface area contributed by atoms with Gasteiger partial charge >= 0.3 is 0 Å². The predicted molar refractivity (Wildman–Crippen MR) is 64.2 cm³/mol. The minimum Gasteiger partial charge on any atom is -0.392 e. The minimum atomic E-state index is -0.484. The smallest absolute Gasteiger partial charge is 0.220 e. The molecule has 1 amide bonds. The summed E-state index contributed by atoms with van der Waals surface area (Å²) in [4.78, 5) is 11.4. The Bertz CT molecular complexity index is 348. The molecule has 0 heterocycles. The average molecular weight is 221 g/mol. The first-order chi connectivity index (χ1) is 7.59. The third kappa shape index (κ3) is 4.45. The Balaban J connectivity index is 2.35. The first-order valence-corrected chi connectivity index (χ1v) is 5.59. The fourth-order valence-corrected chi connectivity index (χ4v) is 1.49. The maximum absolute atomic E-state index is 11.4. The number of hydrogen-bond acceptors (Lipinski definition) is 2. The molecular weight excluding hydrogens is 202 g/mol. The van der Waals surface area contributed by atoms with Crippen molar-refractivity contribution in [1.82, 2.24) is 5.32 Å². The Morgan fingerprint density at radius 1 is 1.44 bits per heavy atom. The van der Waals surface area contributed by atoms with Crippen molar-refractivity contribution < 1.29 is 9.90 Å². The fraction of sp³-hybridized carbons (Fsp3) is 0.462. The van der Waals surface area contributed by atoms with Crippen molar-refractivity contribution in [2.24, 2.45) is 0 Å². The van der Waals surface area contributed by atoms with Crippen LogP contribution in [0, 0.1) is 6.92 Å². The maximum Gasteiger partial charge on any atom is 0.220 e. The molecular formula is C13H19NO2. The largest absolute Gasteiger partial charge is 0.392 e. The van der Waals surface area contributed by atoms with Crippen LogP contribution in [0.15, 0.2) is 24.3 Å². The summed E-state index contributed by atoms with van der Waals surface area (Å²) in [5.41, 5.74) is 2.42. The standard InChI is InChI=1S/C13H19NO2/c1-10-5-3-4-6-12(10)7-8-13(16)14-9-11(2)15/h3-6,11,15H,7-9H2,1-2H3,(H,14,16)/t11-/m1/s1. The second-order valence-electron chi connectivity index (χ2n) is 4.08. The van der Waals surface area contributed by atoms with Crippen LogP contribution in [-0.2, 0) is 11.2 Å². The summed E-state index contributed by atoms with van der Waals surface area (Å²) < 4.78 is 0. The molecule has 0 aliphatic carbocycles. The molecule has 0 aromatic heterocycles. The van der Waals surface area contributed by atoms with E-state index in [9.17, 15) is 4.79 Å². The number of aryl methyl sites for hydroxylation is 2. The van der Waals surface area contributed by atoms with Crippen molar-refractivity contribution in [1.29, 1.82) is 0 Å². The van der Waals surface area contributed by atoms with Gasteiger partial charge in [0, 0.05) is 13.0 Å². The van der Waals surface area contributed by atoms with Gasteiger partial charge in [-0.05, 0) is 31.4 Å². The van der Waals surface area contributed by atoms with Gasteiger partial charge in [-0.2, -0.15) is 0 Å². The summed E-state index contributed by atoms with van der Waals surface area (Å²) in [6.07, 6.45) is 0.734. The van der Waals surface area contributed by atoms with Crippen LogP contribution in [0.3, 0.4) is 0 Å². The van der Waals surface area contributed by atoms with Crippen LogP contribution < -0.4 is 5.32 Å². The number of benzene rings is 1. The van der Waals surface area contributed by atoms with E-state index in [1.807, 2.05) is 31.2 Å². The van der Waals surface area contributed by atoms with Gasteiger partial charge in [-0.3, -0.25) is 4.79 Å². The van der Waals surface area contributed by atoms with Gasteiger partial charge in [-0.25, -0.2) is 0 Å². The van der Waals surface area contributed by atoms with Gasteiger partial charge in [0.05, 0.1) is 6.10 Å². The molecule has 1 rings (SSSR count). The Kier molecular flexibility index (Phi) is 4.99. The molecule has 1 aromatic rings. The van der Waals surface area contributed by atoms with Crippen molar-refractivity contribution >= 4 is 5.91 Å². The number of hydrogen-bond donors (Lipinski definition) is 2. The van der Waals surface area contributed by atoms with E-state index in [1.165, 1.54) is 11.1 Å². The molecule has 16 heavy (non-hydrogen) atoms. The van der Waals surface area contributed by atoms with Gasteiger partial charge in [-0.15, -0.1) is 0 Å². The molecule has 0 fully saturated rings. The summed E-state index contributed by atoms with van der Waals surface area (Å²) in [7, 11) is 0. The SMILES string of the molecule is Cc1ccccc1CCC(=O)NC[C@@H](C)O. The van der Waals surface area contributed by atoms with Crippen LogP contribution >= 0.6 is 0 Å². The lowest BCUT2D eigenvalue weighted by Gasteiger charge is -2.08. The molecule has 0 radical (unpaired) electrons. The zero-order valence-corrected chi connectivity index (χ0v) is 9.86. The van der Waals surface area contributed by atoms with E-state index in [1.54, 1.807) is 6.92 Å². The molecule has 0 bridgehead atoms. The molecule has 0 aliphatic heterocycles. The molecule has 2 N–H and O–H groups in total. The number of carbonyl (C=O) groups is 1. The van der Waals surface area contributed by atoms with Gasteiger partial charge in [0.25, 0.3) is 0 Å². The van der Waals surface area contributed by atoms with E-state index in [-0.39, 0.29) is 5.91 Å². The van der Waals surface area contributed by atoms with E-state index in [0.29, 0.717) is 13.0 Å². The first kappa shape index (κ1) is 12.7. The average Bonchev–Trinajstić information content (AvgIpc) is 2.25. The van der Waals surface area contributed by atoms with Crippen LogP contribution in [0.25, 0.3) is 0 Å². The number of rotatable bonds is 5. The zero-order chi connectivity index (χ0) is 12.0. The highest BCUT2D eigenvalue weighted by Gasteiger charge is 2.04. The van der Waals surface area contributed by atoms with Crippen LogP contribution in [0.1, 0.15) is 24.5 Å². The van der Waals surface area contributed by atoms with E-state index in [0.717, 1.165) is 6.42 Å². The number of aliphatic hydroxyl groups is 1. The number of carbonyl (C=O) groups excluding carboxylic acids is 1. The summed E-state index contributed by atoms with van der Waals surface area (Å²) in [6, 6.07) is 8.06. The first-order valence-electron chi connectivity index (χ1n) is 5.59. The third-order valence-corrected chi connectivity index (χ3v) is 2.48. The van der Waals surface area contributed by atoms with Crippen molar-refractivity contribution in [3.05, 3.63) is 35.4 Å². The molecule has 0 saturated carbocycles. The summed E-state index contributed by atoms with van der Waals surface area (Å²) >= 11 is 0. The molecule has 0 spiro atoms. The van der Waals surface area contributed by atoms with Crippen molar-refractivity contribution in [2.45, 2.75) is 32.8 Å². The Labute approximate surface area is 96.5 Å². The summed E-state index contributed by atoms with van der Waals surface area (Å²) in [6.45, 7) is 4.03. The fourth-order valence-electron chi connectivity index (χ4n) is 1.49. The maximum atomic E-state index is 11.4. The van der Waals surface area contributed by atoms with Gasteiger partial charge in [0.15, 0.2) is 0 Å².